The van der Waals surface area contributed by atoms with Gasteiger partial charge in [0.15, 0.2) is 17.4 Å². The molecule has 2 unspecified atom stereocenters. The minimum absolute atomic E-state index is 0. The Hall–Kier alpha value is -9.17. The number of rotatable bonds is 24. The average Bonchev–Trinajstić information content (AvgIpc) is 1.61. The molecule has 51 heteroatoms. The second-order valence-electron chi connectivity index (χ2n) is 35.1. The maximum absolute atomic E-state index is 13.2. The Kier molecular flexibility index (Phi) is 61.3. The Balaban J connectivity index is -0.00000155. The summed E-state index contributed by atoms with van der Waals surface area (Å²) >= 11 is 0. The molecule has 7 saturated heterocycles. The number of Topliss-reactive ketones (excluding diaryl/α,β-unsaturated/α-hetero) is 1. The van der Waals surface area contributed by atoms with Crippen molar-refractivity contribution in [2.45, 2.75) is 308 Å². The average molecular weight is 2020 g/mol. The van der Waals surface area contributed by atoms with Crippen LogP contribution < -0.4 is 50.8 Å². The summed E-state index contributed by atoms with van der Waals surface area (Å²) in [7, 11) is 7.43. The van der Waals surface area contributed by atoms with Gasteiger partial charge in [0.2, 0.25) is 23.6 Å². The third-order valence-corrected chi connectivity index (χ3v) is 22.7. The maximum atomic E-state index is 13.2. The van der Waals surface area contributed by atoms with Crippen LogP contribution in [-0.4, -0.2) is 382 Å². The summed E-state index contributed by atoms with van der Waals surface area (Å²) in [6.07, 6.45) is -3.06. The number of ether oxygens (including phenoxy) is 13. The van der Waals surface area contributed by atoms with Crippen LogP contribution in [0.1, 0.15) is 175 Å². The summed E-state index contributed by atoms with van der Waals surface area (Å²) in [5.41, 5.74) is 0.956. The number of methoxy groups -OCH3 is 9. The SMILES string of the molecule is CC(O)C[C@H](C)O.COC(=O)N[C@H](C(=O)N1CC(=O)C[C@H]1C(C)OC)C(C)C.COC(=O)N[C@H](C(=O)N1CC2(C[C@H]1C(=O)O)O[C@@H](C)C[C@H](C)O2)C(C)C.COC(=O)N[C@H](C(=O)N1CC2(C[C@H]1C(=O)OC)O[C@@H](C)C[C@H](C)O2)C(C)C.COC(=O)N[C@H](C(=O)N1C[C@H](O)C[C@H]1C(=O)OC)C(C)C.COC(=O)N[C@H](C(=O)O)C(C)C.COC(=O)[C@@H]1C[C@@H](O)CN1.Cc1ccc(S(=O)(=O)O)cc1.Cl.[Li+].[OH-]. The normalized spacial score (nSPS) is 24.3. The van der Waals surface area contributed by atoms with E-state index in [1.807, 2.05) is 55.4 Å². The number of esters is 3. The number of carboxylic acid groups (broad SMARTS) is 2. The Bertz CT molecular complexity index is 4060. The Morgan fingerprint density at radius 1 is 0.471 bits per heavy atom. The molecule has 0 bridgehead atoms. The molecule has 7 aliphatic rings. The second-order valence-corrected chi connectivity index (χ2v) is 36.5. The number of likely N-dealkylation sites (tertiary alicyclic amines) is 4. The zero-order valence-corrected chi connectivity index (χ0v) is 85.9. The third kappa shape index (κ3) is 43.9. The number of carbonyl (C=O) groups excluding carboxylic acids is 13. The number of nitrogens with one attached hydrogen (secondary N) is 6. The van der Waals surface area contributed by atoms with Gasteiger partial charge >= 0.3 is 79.2 Å². The molecule has 8 rings (SSSR count). The molecule has 48 nitrogen and oxygen atoms in total. The number of aliphatic hydroxyl groups is 4. The minimum Gasteiger partial charge on any atom is -0.870 e. The van der Waals surface area contributed by atoms with Crippen LogP contribution in [0.3, 0.4) is 0 Å². The summed E-state index contributed by atoms with van der Waals surface area (Å²) in [5, 5.41) is 69.1. The second kappa shape index (κ2) is 63.6. The Morgan fingerprint density at radius 2 is 0.797 bits per heavy atom. The van der Waals surface area contributed by atoms with Crippen LogP contribution in [0.2, 0.25) is 0 Å². The number of hydrogen-bond acceptors (Lipinski definition) is 36. The van der Waals surface area contributed by atoms with Crippen molar-refractivity contribution in [3.8, 4) is 0 Å². The number of hydrogen-bond donors (Lipinski definition) is 13. The molecule has 2 spiro atoms. The van der Waals surface area contributed by atoms with Crippen LogP contribution in [0, 0.1) is 36.5 Å². The zero-order chi connectivity index (χ0) is 104. The number of halogens is 1. The number of benzene rings is 1. The number of alkyl carbamates (subject to hydrolysis) is 5. The molecule has 0 radical (unpaired) electrons. The first-order chi connectivity index (χ1) is 62.7. The molecule has 790 valence electrons. The van der Waals surface area contributed by atoms with Crippen molar-refractivity contribution in [2.75, 3.05) is 96.7 Å². The quantitative estimate of drug-likeness (QED) is 0.0281. The summed E-state index contributed by atoms with van der Waals surface area (Å²) in [6.45, 7) is 33.0. The van der Waals surface area contributed by atoms with Gasteiger partial charge in [0, 0.05) is 52.3 Å². The molecular weight excluding hydrogens is 1870 g/mol. The third-order valence-electron chi connectivity index (χ3n) is 21.9. The number of ketones is 1. The number of aliphatic hydroxyl groups excluding tert-OH is 4. The van der Waals surface area contributed by atoms with Gasteiger partial charge in [-0.2, -0.15) is 8.42 Å². The van der Waals surface area contributed by atoms with E-state index in [1.165, 1.54) is 88.6 Å². The fraction of sp³-hybridized carbons (Fsp3) is 0.759. The molecule has 1 aromatic carbocycles. The molecule has 19 atom stereocenters. The smallest absolute Gasteiger partial charge is 0.870 e. The van der Waals surface area contributed by atoms with Crippen molar-refractivity contribution in [1.82, 2.24) is 51.5 Å². The van der Waals surface area contributed by atoms with E-state index in [4.69, 9.17) is 53.4 Å². The van der Waals surface area contributed by atoms with Crippen molar-refractivity contribution < 1.29 is 201 Å². The van der Waals surface area contributed by atoms with Crippen molar-refractivity contribution in [2.24, 2.45) is 29.6 Å². The maximum Gasteiger partial charge on any atom is 1.00 e. The number of carbonyl (C=O) groups is 15. The van der Waals surface area contributed by atoms with Crippen molar-refractivity contribution in [3.05, 3.63) is 29.8 Å². The van der Waals surface area contributed by atoms with Gasteiger partial charge in [-0.15, -0.1) is 12.4 Å². The van der Waals surface area contributed by atoms with Gasteiger partial charge in [-0.25, -0.2) is 43.2 Å². The molecule has 9 amide bonds. The van der Waals surface area contributed by atoms with Gasteiger partial charge in [0.1, 0.15) is 54.4 Å². The van der Waals surface area contributed by atoms with E-state index in [1.54, 1.807) is 88.5 Å². The van der Waals surface area contributed by atoms with E-state index in [0.717, 1.165) is 12.0 Å². The predicted octanol–water partition coefficient (Wildman–Crippen LogP) is 0.0501. The predicted molar refractivity (Wildman–Crippen MR) is 488 cm³/mol. The van der Waals surface area contributed by atoms with E-state index in [-0.39, 0.29) is 196 Å². The molecule has 7 aliphatic heterocycles. The van der Waals surface area contributed by atoms with Crippen molar-refractivity contribution >= 4 is 112 Å². The van der Waals surface area contributed by atoms with Crippen LogP contribution in [0.5, 0.6) is 0 Å². The fourth-order valence-corrected chi connectivity index (χ4v) is 15.6. The fourth-order valence-electron chi connectivity index (χ4n) is 15.1. The Morgan fingerprint density at radius 3 is 1.09 bits per heavy atom. The first kappa shape index (κ1) is 133. The molecule has 0 saturated carbocycles. The molecule has 7 fully saturated rings. The van der Waals surface area contributed by atoms with E-state index >= 15 is 0 Å². The van der Waals surface area contributed by atoms with Gasteiger partial charge in [-0.1, -0.05) is 86.9 Å². The van der Waals surface area contributed by atoms with Crippen LogP contribution in [-0.2, 0) is 120 Å². The van der Waals surface area contributed by atoms with Crippen molar-refractivity contribution in [3.63, 3.8) is 0 Å². The minimum atomic E-state index is -4.02. The molecular formula is C87H150ClLiN10O38S. The number of carboxylic acids is 2. The monoisotopic (exact) mass is 2020 g/mol. The molecule has 0 aliphatic carbocycles. The first-order valence-electron chi connectivity index (χ1n) is 44.1. The molecule has 14 N–H and O–H groups in total. The standard InChI is InChI=1S/C18H30N2O7.C17H28N2O7.C14H24N2O5.C13H22N2O6.C7H13NO4.C7H8O3S.C6H11NO3.C5H12O2.ClH.Li.H2O/c1-10(2)14(19-17(23)25-6)15(21)20-9-18(8-13(20)16(22)24-5)26-11(3)7-12(4)27-18;1-9(2)13(18-16(23)24-5)14(20)19-8-17(7-12(19)15(21)22)25-10(3)6-11(4)26-17;1-8(2)12(15-14(19)21-5)13(18)16-7-10(17)6-11(16)9(3)20-4;1-7(2)10(14-13(19)21-4)11(17)15-6-8(16)5-9(15)12(18)20-3;1-4(2)5(6(9)10)8-7(11)12-3;1-6-2-4-7(5-3-6)11(8,9)10;1-10-6(9)5-2-4(8)3-7-5;1-4(6)3-5(2)7;;;/h10-14H,7-9H2,1-6H3,(H,19,23);9-13H,6-8H2,1-5H3,(H,18,23)(H,21,22);8-9,11-12H,6-7H2,1-5H3,(H,15,19);7-10,16H,5-6H2,1-4H3,(H,14,19);4-5H,1-3H3,(H,8,11)(H,9,10);2-5H,1H3,(H,8,9,10);4-5,7-8H,2-3H2,1H3;4-7H,3H2,1-2H3;1H;;1H2/q;;;;;;;;;+1;/p-1/t11-,12-,13-,14-;10-,11-,12-,13-;9?,11-,12-;8-,9+,10+;5-;;4-,5+;4-,5?;;;/m00010.10.../s1. The van der Waals surface area contributed by atoms with Gasteiger partial charge < -0.3 is 149 Å². The van der Waals surface area contributed by atoms with Crippen molar-refractivity contribution in [1.29, 1.82) is 0 Å². The number of nitrogens with zero attached hydrogens (tertiary/aromatic N) is 4. The van der Waals surface area contributed by atoms with Gasteiger partial charge in [0.25, 0.3) is 10.1 Å². The summed E-state index contributed by atoms with van der Waals surface area (Å²) in [6, 6.07) is -1.59. The summed E-state index contributed by atoms with van der Waals surface area (Å²) in [4.78, 5) is 182. The molecule has 0 aromatic heterocycles. The molecule has 7 heterocycles. The number of aliphatic carboxylic acids is 2. The van der Waals surface area contributed by atoms with Crippen LogP contribution in [0.25, 0.3) is 0 Å². The van der Waals surface area contributed by atoms with Crippen LogP contribution >= 0.6 is 12.4 Å². The van der Waals surface area contributed by atoms with E-state index in [9.17, 15) is 90.5 Å². The van der Waals surface area contributed by atoms with E-state index in [0.29, 0.717) is 25.8 Å². The topological polar surface area (TPSA) is 667 Å². The number of β-amino-alcohol motifs (C(OH)–C–C–N with tert-alkyl or cyclic N) is 2. The van der Waals surface area contributed by atoms with Crippen LogP contribution in [0.4, 0.5) is 24.0 Å². The zero-order valence-electron chi connectivity index (χ0n) is 84.3. The molecule has 1 aromatic rings. The summed E-state index contributed by atoms with van der Waals surface area (Å²) < 4.78 is 95.2. The molecule has 138 heavy (non-hydrogen) atoms. The summed E-state index contributed by atoms with van der Waals surface area (Å²) in [5.74, 6) is -8.37. The Labute approximate surface area is 825 Å². The number of amides is 9. The van der Waals surface area contributed by atoms with E-state index < -0.39 is 154 Å². The number of aryl methyl sites for hydroxylation is 1. The first-order valence-corrected chi connectivity index (χ1v) is 45.5. The van der Waals surface area contributed by atoms with Gasteiger partial charge in [-0.3, -0.25) is 33.3 Å². The van der Waals surface area contributed by atoms with E-state index in [2.05, 4.69) is 65.1 Å². The van der Waals surface area contributed by atoms with Crippen LogP contribution in [0.15, 0.2) is 29.2 Å². The largest absolute Gasteiger partial charge is 1.00 e. The van der Waals surface area contributed by atoms with Gasteiger partial charge in [0.05, 0.1) is 142 Å². The van der Waals surface area contributed by atoms with Gasteiger partial charge in [-0.05, 0) is 116 Å².